The molecule has 0 spiro atoms. The Morgan fingerprint density at radius 3 is 2.19 bits per heavy atom. The second-order valence-electron chi connectivity index (χ2n) is 11.1. The standard InChI is InChI=1S/C30H32F6N4O6S/c1-6-8-15-28(30(34,35)36,44-18-19-13-11-10-12-14-19)25-40-39-23(45-25)22-21(37-26(41)46-27(3,4)5)17-20(29(31,32)33)24(38-22)47(42,43)16-9-7-2/h6-7,10-14,17H,1-2,8-9,15-16,18H2,3-5H3,(H,37,41). The van der Waals surface area contributed by atoms with Gasteiger partial charge in [0.2, 0.25) is 5.60 Å². The Bertz CT molecular complexity index is 1690. The smallest absolute Gasteiger partial charge is 0.426 e. The van der Waals surface area contributed by atoms with Crippen molar-refractivity contribution in [1.29, 1.82) is 0 Å². The lowest BCUT2D eigenvalue weighted by molar-refractivity contribution is -0.299. The van der Waals surface area contributed by atoms with Crippen molar-refractivity contribution in [2.75, 3.05) is 11.1 Å². The van der Waals surface area contributed by atoms with Gasteiger partial charge in [-0.3, -0.25) is 5.32 Å². The van der Waals surface area contributed by atoms with Gasteiger partial charge in [0.15, 0.2) is 20.6 Å². The highest BCUT2D eigenvalue weighted by Crippen LogP contribution is 2.47. The number of nitrogens with zero attached hydrogens (tertiary/aromatic N) is 3. The van der Waals surface area contributed by atoms with Crippen LogP contribution in [0.1, 0.15) is 57.1 Å². The number of anilines is 1. The number of carbonyl (C=O) groups is 1. The molecule has 17 heteroatoms. The van der Waals surface area contributed by atoms with E-state index in [0.29, 0.717) is 5.56 Å². The molecule has 0 aliphatic heterocycles. The second kappa shape index (κ2) is 14.3. The third kappa shape index (κ3) is 9.18. The van der Waals surface area contributed by atoms with Gasteiger partial charge in [-0.05, 0) is 51.7 Å². The van der Waals surface area contributed by atoms with Crippen LogP contribution in [0.3, 0.4) is 0 Å². The number of hydrogen-bond donors (Lipinski definition) is 1. The van der Waals surface area contributed by atoms with Crippen molar-refractivity contribution in [2.45, 2.75) is 75.2 Å². The zero-order valence-corrected chi connectivity index (χ0v) is 26.4. The van der Waals surface area contributed by atoms with Gasteiger partial charge in [-0.1, -0.05) is 42.5 Å². The molecule has 256 valence electrons. The molecule has 0 radical (unpaired) electrons. The minimum Gasteiger partial charge on any atom is -0.444 e. The minimum atomic E-state index is -5.31. The average molecular weight is 691 g/mol. The van der Waals surface area contributed by atoms with Crippen molar-refractivity contribution in [1.82, 2.24) is 15.2 Å². The monoisotopic (exact) mass is 690 g/mol. The van der Waals surface area contributed by atoms with Crippen LogP contribution in [0, 0.1) is 0 Å². The molecule has 1 aromatic carbocycles. The third-order valence-corrected chi connectivity index (χ3v) is 7.95. The number of sulfone groups is 1. The minimum absolute atomic E-state index is 0.248. The third-order valence-electron chi connectivity index (χ3n) is 6.27. The van der Waals surface area contributed by atoms with Crippen molar-refractivity contribution in [2.24, 2.45) is 0 Å². The Morgan fingerprint density at radius 1 is 1.00 bits per heavy atom. The lowest BCUT2D eigenvalue weighted by atomic mass is 9.96. The summed E-state index contributed by atoms with van der Waals surface area (Å²) in [6.07, 6.45) is -10.7. The van der Waals surface area contributed by atoms with Gasteiger partial charge in [0.25, 0.3) is 11.8 Å². The molecule has 1 atom stereocenters. The maximum absolute atomic E-state index is 14.8. The lowest BCUT2D eigenvalue weighted by Gasteiger charge is -2.32. The van der Waals surface area contributed by atoms with E-state index in [1.54, 1.807) is 18.2 Å². The van der Waals surface area contributed by atoms with Crippen LogP contribution in [0.5, 0.6) is 0 Å². The Labute approximate surface area is 266 Å². The molecular formula is C30H32F6N4O6S. The fourth-order valence-corrected chi connectivity index (χ4v) is 5.51. The van der Waals surface area contributed by atoms with Crippen LogP contribution in [0.25, 0.3) is 11.6 Å². The summed E-state index contributed by atoms with van der Waals surface area (Å²) in [5.74, 6) is -2.94. The molecule has 1 amide bonds. The molecule has 47 heavy (non-hydrogen) atoms. The number of rotatable bonds is 13. The number of carbonyl (C=O) groups excluding carboxylic acids is 1. The molecule has 1 N–H and O–H groups in total. The summed E-state index contributed by atoms with van der Waals surface area (Å²) in [6, 6.07) is 8.09. The summed E-state index contributed by atoms with van der Waals surface area (Å²) in [6.45, 7) is 10.6. The Kier molecular flexibility index (Phi) is 11.3. The van der Waals surface area contributed by atoms with Crippen molar-refractivity contribution >= 4 is 21.6 Å². The largest absolute Gasteiger partial charge is 0.444 e. The van der Waals surface area contributed by atoms with Crippen LogP contribution in [0.4, 0.5) is 36.8 Å². The fourth-order valence-electron chi connectivity index (χ4n) is 4.10. The van der Waals surface area contributed by atoms with E-state index in [1.807, 2.05) is 5.32 Å². The van der Waals surface area contributed by atoms with Crippen LogP contribution < -0.4 is 5.32 Å². The van der Waals surface area contributed by atoms with Gasteiger partial charge in [0.05, 0.1) is 23.6 Å². The van der Waals surface area contributed by atoms with Gasteiger partial charge in [0, 0.05) is 0 Å². The number of aromatic nitrogens is 3. The van der Waals surface area contributed by atoms with Gasteiger partial charge in [-0.2, -0.15) is 26.3 Å². The highest BCUT2D eigenvalue weighted by atomic mass is 32.2. The van der Waals surface area contributed by atoms with Crippen LogP contribution in [-0.2, 0) is 37.7 Å². The zero-order chi connectivity index (χ0) is 35.3. The Hall–Kier alpha value is -4.25. The van der Waals surface area contributed by atoms with Crippen LogP contribution in [0.2, 0.25) is 0 Å². The highest BCUT2D eigenvalue weighted by molar-refractivity contribution is 7.91. The maximum Gasteiger partial charge on any atom is 0.426 e. The van der Waals surface area contributed by atoms with E-state index in [-0.39, 0.29) is 18.9 Å². The van der Waals surface area contributed by atoms with Crippen molar-refractivity contribution in [3.05, 3.63) is 78.7 Å². The molecule has 0 saturated carbocycles. The Morgan fingerprint density at radius 2 is 1.64 bits per heavy atom. The molecule has 3 aromatic rings. The summed E-state index contributed by atoms with van der Waals surface area (Å²) in [7, 11) is -4.79. The van der Waals surface area contributed by atoms with E-state index in [4.69, 9.17) is 13.9 Å². The number of allylic oxidation sites excluding steroid dienone is 2. The van der Waals surface area contributed by atoms with Gasteiger partial charge in [-0.25, -0.2) is 18.2 Å². The van der Waals surface area contributed by atoms with Crippen molar-refractivity contribution in [3.63, 3.8) is 0 Å². The molecular weight excluding hydrogens is 658 g/mol. The van der Waals surface area contributed by atoms with Gasteiger partial charge in [0.1, 0.15) is 5.60 Å². The molecule has 1 unspecified atom stereocenters. The van der Waals surface area contributed by atoms with Crippen molar-refractivity contribution < 1.29 is 53.4 Å². The lowest BCUT2D eigenvalue weighted by Crippen LogP contribution is -2.45. The number of benzene rings is 1. The summed E-state index contributed by atoms with van der Waals surface area (Å²) >= 11 is 0. The fraction of sp³-hybridized carbons (Fsp3) is 0.400. The number of amides is 1. The number of nitrogens with one attached hydrogen (secondary N) is 1. The molecule has 0 saturated heterocycles. The molecule has 2 aromatic heterocycles. The Balaban J connectivity index is 2.29. The average Bonchev–Trinajstić information content (AvgIpc) is 3.45. The summed E-state index contributed by atoms with van der Waals surface area (Å²) in [5.41, 5.74) is -7.49. The first-order valence-corrected chi connectivity index (χ1v) is 15.5. The summed E-state index contributed by atoms with van der Waals surface area (Å²) in [5, 5.41) is 7.65. The SMILES string of the molecule is C=CCCC(OCc1ccccc1)(c1nnc(-c2nc(S(=O)(=O)CCC=C)c(C(F)(F)F)cc2NC(=O)OC(C)(C)C)o1)C(F)(F)F. The molecule has 0 aliphatic rings. The molecule has 0 fully saturated rings. The van der Waals surface area contributed by atoms with Crippen molar-refractivity contribution in [3.8, 4) is 11.6 Å². The van der Waals surface area contributed by atoms with E-state index in [0.717, 1.165) is 6.08 Å². The van der Waals surface area contributed by atoms with E-state index in [1.165, 1.54) is 39.0 Å². The first-order chi connectivity index (χ1) is 21.7. The summed E-state index contributed by atoms with van der Waals surface area (Å²) in [4.78, 5) is 16.3. The van der Waals surface area contributed by atoms with Crippen LogP contribution in [-0.4, -0.2) is 47.2 Å². The molecule has 0 aliphatic carbocycles. The zero-order valence-electron chi connectivity index (χ0n) is 25.5. The van der Waals surface area contributed by atoms with E-state index >= 15 is 0 Å². The van der Waals surface area contributed by atoms with E-state index < -0.39 is 92.0 Å². The maximum atomic E-state index is 14.8. The molecule has 2 heterocycles. The number of ether oxygens (including phenoxy) is 2. The van der Waals surface area contributed by atoms with E-state index in [9.17, 15) is 39.6 Å². The number of pyridine rings is 1. The predicted octanol–water partition coefficient (Wildman–Crippen LogP) is 7.79. The van der Waals surface area contributed by atoms with Crippen LogP contribution in [0.15, 0.2) is 71.2 Å². The topological polar surface area (TPSA) is 134 Å². The first-order valence-electron chi connectivity index (χ1n) is 13.9. The number of halogens is 6. The molecule has 3 rings (SSSR count). The predicted molar refractivity (Wildman–Crippen MR) is 158 cm³/mol. The van der Waals surface area contributed by atoms with Gasteiger partial charge >= 0.3 is 18.4 Å². The van der Waals surface area contributed by atoms with E-state index in [2.05, 4.69) is 28.3 Å². The van der Waals surface area contributed by atoms with Gasteiger partial charge < -0.3 is 13.9 Å². The highest BCUT2D eigenvalue weighted by Gasteiger charge is 2.61. The number of hydrogen-bond acceptors (Lipinski definition) is 9. The summed E-state index contributed by atoms with van der Waals surface area (Å²) < 4.78 is 129. The normalized spacial score (nSPS) is 13.9. The van der Waals surface area contributed by atoms with Crippen LogP contribution >= 0.6 is 0 Å². The van der Waals surface area contributed by atoms with Gasteiger partial charge in [-0.15, -0.1) is 23.4 Å². The number of alkyl halides is 6. The second-order valence-corrected chi connectivity index (χ2v) is 13.1. The molecule has 10 nitrogen and oxygen atoms in total. The molecule has 0 bridgehead atoms. The quantitative estimate of drug-likeness (QED) is 0.141. The first kappa shape index (κ1) is 37.2.